The van der Waals surface area contributed by atoms with Crippen LogP contribution in [0.2, 0.25) is 0 Å². The maximum Gasteiger partial charge on any atom is 0.356 e. The molecule has 1 atom stereocenters. The van der Waals surface area contributed by atoms with Crippen LogP contribution in [0.5, 0.6) is 0 Å². The first kappa shape index (κ1) is 23.7. The van der Waals surface area contributed by atoms with E-state index in [1.807, 2.05) is 38.1 Å². The van der Waals surface area contributed by atoms with E-state index < -0.39 is 7.60 Å². The lowest BCUT2D eigenvalue weighted by Gasteiger charge is -2.23. The summed E-state index contributed by atoms with van der Waals surface area (Å²) < 4.78 is 11.3. The Labute approximate surface area is 177 Å². The van der Waals surface area contributed by atoms with Gasteiger partial charge >= 0.3 is 7.60 Å². The van der Waals surface area contributed by atoms with E-state index in [0.717, 1.165) is 18.7 Å². The van der Waals surface area contributed by atoms with E-state index in [2.05, 4.69) is 27.4 Å². The third kappa shape index (κ3) is 7.06. The van der Waals surface area contributed by atoms with Crippen LogP contribution in [0.15, 0.2) is 58.8 Å². The van der Waals surface area contributed by atoms with Crippen molar-refractivity contribution in [2.75, 3.05) is 24.5 Å². The van der Waals surface area contributed by atoms with Crippen LogP contribution in [0.25, 0.3) is 0 Å². The molecule has 2 rings (SSSR count). The number of amides is 1. The highest BCUT2D eigenvalue weighted by molar-refractivity contribution is 7.60. The van der Waals surface area contributed by atoms with Crippen molar-refractivity contribution in [2.45, 2.75) is 27.2 Å². The molecule has 2 aromatic carbocycles. The van der Waals surface area contributed by atoms with Crippen LogP contribution in [0.1, 0.15) is 27.2 Å². The molecule has 8 nitrogen and oxygen atoms in total. The van der Waals surface area contributed by atoms with Gasteiger partial charge in [0.15, 0.2) is 0 Å². The Balaban J connectivity index is 1.99. The van der Waals surface area contributed by atoms with Crippen molar-refractivity contribution >= 4 is 35.9 Å². The molecular weight excluding hydrogens is 403 g/mol. The summed E-state index contributed by atoms with van der Waals surface area (Å²) in [4.78, 5) is 32.5. The van der Waals surface area contributed by atoms with Gasteiger partial charge in [0.2, 0.25) is 5.91 Å². The number of hydrogen-bond donors (Lipinski definition) is 3. The highest BCUT2D eigenvalue weighted by atomic mass is 31.2. The fourth-order valence-corrected chi connectivity index (χ4v) is 3.31. The Morgan fingerprint density at radius 3 is 2.37 bits per heavy atom. The van der Waals surface area contributed by atoms with E-state index in [-0.39, 0.29) is 17.1 Å². The molecule has 0 spiro atoms. The van der Waals surface area contributed by atoms with Crippen molar-refractivity contribution in [3.63, 3.8) is 0 Å². The third-order valence-electron chi connectivity index (χ3n) is 4.78. The predicted octanol–water partition coefficient (Wildman–Crippen LogP) is 3.89. The van der Waals surface area contributed by atoms with Crippen molar-refractivity contribution in [2.24, 2.45) is 16.1 Å². The van der Waals surface area contributed by atoms with Crippen molar-refractivity contribution in [1.29, 1.82) is 0 Å². The van der Waals surface area contributed by atoms with Crippen LogP contribution in [-0.4, -0.2) is 35.3 Å². The van der Waals surface area contributed by atoms with Crippen molar-refractivity contribution in [3.8, 4) is 0 Å². The number of nitrogens with one attached hydrogen (secondary N) is 1. The number of likely N-dealkylation sites (N-methyl/N-ethyl adjacent to an activating group) is 1. The Morgan fingerprint density at radius 2 is 1.77 bits per heavy atom. The molecule has 0 unspecified atom stereocenters. The average Bonchev–Trinajstić information content (AvgIpc) is 2.74. The highest BCUT2D eigenvalue weighted by Gasteiger charge is 2.16. The Hall–Kier alpha value is -2.54. The molecular formula is C21H29N4O4P. The van der Waals surface area contributed by atoms with Crippen LogP contribution in [-0.2, 0) is 9.36 Å². The zero-order chi connectivity index (χ0) is 22.1. The molecule has 9 heteroatoms. The van der Waals surface area contributed by atoms with Crippen LogP contribution in [0.3, 0.4) is 0 Å². The lowest BCUT2D eigenvalue weighted by molar-refractivity contribution is -0.124. The first-order valence-corrected chi connectivity index (χ1v) is 11.6. The molecule has 30 heavy (non-hydrogen) atoms. The molecule has 0 saturated heterocycles. The summed E-state index contributed by atoms with van der Waals surface area (Å²) in [6, 6.07) is 13.4. The minimum Gasteiger partial charge on any atom is -0.370 e. The molecule has 162 valence electrons. The van der Waals surface area contributed by atoms with Crippen molar-refractivity contribution in [1.82, 2.24) is 5.32 Å². The van der Waals surface area contributed by atoms with Gasteiger partial charge in [-0.15, -0.1) is 0 Å². The monoisotopic (exact) mass is 432 g/mol. The first-order valence-electron chi connectivity index (χ1n) is 9.95. The molecule has 0 saturated carbocycles. The van der Waals surface area contributed by atoms with Gasteiger partial charge in [-0.25, -0.2) is 0 Å². The third-order valence-corrected chi connectivity index (χ3v) is 5.74. The topological polar surface area (TPSA) is 115 Å². The van der Waals surface area contributed by atoms with Gasteiger partial charge < -0.3 is 20.0 Å². The van der Waals surface area contributed by atoms with Crippen molar-refractivity contribution in [3.05, 3.63) is 48.5 Å². The van der Waals surface area contributed by atoms with Crippen molar-refractivity contribution < 1.29 is 19.1 Å². The normalized spacial score (nSPS) is 12.7. The Kier molecular flexibility index (Phi) is 8.72. The molecule has 2 aromatic rings. The number of carbonyl (C=O) groups is 1. The fourth-order valence-electron chi connectivity index (χ4n) is 2.73. The van der Waals surface area contributed by atoms with E-state index in [4.69, 9.17) is 0 Å². The number of anilines is 1. The lowest BCUT2D eigenvalue weighted by atomic mass is 10.1. The van der Waals surface area contributed by atoms with Gasteiger partial charge in [-0.05, 0) is 55.8 Å². The molecule has 0 aromatic heterocycles. The van der Waals surface area contributed by atoms with Crippen LogP contribution < -0.4 is 15.5 Å². The van der Waals surface area contributed by atoms with Gasteiger partial charge in [-0.3, -0.25) is 9.36 Å². The Morgan fingerprint density at radius 1 is 1.10 bits per heavy atom. The molecule has 0 aliphatic heterocycles. The van der Waals surface area contributed by atoms with Gasteiger partial charge in [0.05, 0.1) is 16.7 Å². The molecule has 0 aliphatic carbocycles. The van der Waals surface area contributed by atoms with Gasteiger partial charge in [0.25, 0.3) is 0 Å². The van der Waals surface area contributed by atoms with Crippen LogP contribution in [0, 0.1) is 5.92 Å². The quantitative estimate of drug-likeness (QED) is 0.389. The summed E-state index contributed by atoms with van der Waals surface area (Å²) in [5.74, 6) is 0.0965. The summed E-state index contributed by atoms with van der Waals surface area (Å²) in [5.41, 5.74) is 2.01. The van der Waals surface area contributed by atoms with E-state index in [1.54, 1.807) is 6.07 Å². The number of rotatable bonds is 10. The number of hydrogen-bond acceptors (Lipinski definition) is 5. The predicted molar refractivity (Wildman–Crippen MR) is 119 cm³/mol. The maximum atomic E-state index is 11.9. The molecule has 0 fully saturated rings. The smallest absolute Gasteiger partial charge is 0.356 e. The summed E-state index contributed by atoms with van der Waals surface area (Å²) in [7, 11) is -4.32. The number of azo groups is 1. The minimum absolute atomic E-state index is 0.0205. The number of nitrogens with zero attached hydrogens (tertiary/aromatic N) is 3. The van der Waals surface area contributed by atoms with Crippen LogP contribution in [0.4, 0.5) is 17.1 Å². The second kappa shape index (κ2) is 11.0. The zero-order valence-electron chi connectivity index (χ0n) is 17.5. The average molecular weight is 432 g/mol. The number of benzene rings is 2. The highest BCUT2D eigenvalue weighted by Crippen LogP contribution is 2.34. The molecule has 0 radical (unpaired) electrons. The maximum absolute atomic E-state index is 11.9. The summed E-state index contributed by atoms with van der Waals surface area (Å²) in [6.45, 7) is 8.05. The van der Waals surface area contributed by atoms with Gasteiger partial charge in [-0.2, -0.15) is 10.2 Å². The SMILES string of the molecule is CC[C@H](C)C(=O)NCCN(CC)c1ccc(N=Nc2cccc(P(=O)(O)O)c2)cc1. The molecule has 0 bridgehead atoms. The molecule has 0 aliphatic rings. The second-order valence-corrected chi connectivity index (χ2v) is 8.56. The number of carbonyl (C=O) groups excluding carboxylic acids is 1. The van der Waals surface area contributed by atoms with E-state index in [1.165, 1.54) is 18.2 Å². The van der Waals surface area contributed by atoms with E-state index in [0.29, 0.717) is 24.5 Å². The van der Waals surface area contributed by atoms with Gasteiger partial charge in [0.1, 0.15) is 0 Å². The standard InChI is InChI=1S/C21H29N4O4P/c1-4-16(3)21(26)22-13-14-25(5-2)19-11-9-17(10-12-19)23-24-18-7-6-8-20(15-18)30(27,28)29/h6-12,15-16H,4-5,13-14H2,1-3H3,(H,22,26)(H2,27,28,29)/t16-/m0/s1. The second-order valence-electron chi connectivity index (χ2n) is 6.96. The van der Waals surface area contributed by atoms with E-state index in [9.17, 15) is 19.1 Å². The first-order chi connectivity index (χ1) is 14.2. The fraction of sp³-hybridized carbons (Fsp3) is 0.381. The summed E-state index contributed by atoms with van der Waals surface area (Å²) >= 11 is 0. The molecule has 0 heterocycles. The largest absolute Gasteiger partial charge is 0.370 e. The Bertz CT molecular complexity index is 911. The minimum atomic E-state index is -4.32. The van der Waals surface area contributed by atoms with Gasteiger partial charge in [0, 0.05) is 31.2 Å². The van der Waals surface area contributed by atoms with E-state index >= 15 is 0 Å². The van der Waals surface area contributed by atoms with Crippen LogP contribution >= 0.6 is 7.60 Å². The summed E-state index contributed by atoms with van der Waals surface area (Å²) in [5, 5.41) is 11.1. The lowest BCUT2D eigenvalue weighted by Crippen LogP contribution is -2.37. The van der Waals surface area contributed by atoms with Gasteiger partial charge in [-0.1, -0.05) is 19.9 Å². The summed E-state index contributed by atoms with van der Waals surface area (Å²) in [6.07, 6.45) is 0.822. The molecule has 3 N–H and O–H groups in total. The zero-order valence-corrected chi connectivity index (χ0v) is 18.4. The molecule has 1 amide bonds.